The third-order valence-corrected chi connectivity index (χ3v) is 6.84. The van der Waals surface area contributed by atoms with Gasteiger partial charge in [-0.25, -0.2) is 14.6 Å². The number of carbonyl (C=O) groups is 3. The highest BCUT2D eigenvalue weighted by atomic mass is 35.5. The molecule has 202 valence electrons. The van der Waals surface area contributed by atoms with Crippen LogP contribution in [-0.2, 0) is 14.3 Å². The molecule has 0 spiro atoms. The Hall–Kier alpha value is -4.36. The molecule has 1 aliphatic heterocycles. The lowest BCUT2D eigenvalue weighted by Crippen LogP contribution is -2.29. The Balaban J connectivity index is 1.51. The highest BCUT2D eigenvalue weighted by Gasteiger charge is 2.34. The van der Waals surface area contributed by atoms with E-state index in [0.29, 0.717) is 21.8 Å². The van der Waals surface area contributed by atoms with E-state index in [2.05, 4.69) is 25.6 Å². The third kappa shape index (κ3) is 6.75. The molecule has 1 aliphatic rings. The molecule has 1 fully saturated rings. The molecule has 0 radical (unpaired) electrons. The van der Waals surface area contributed by atoms with Crippen LogP contribution in [0.2, 0.25) is 5.02 Å². The zero-order chi connectivity index (χ0) is 28.1. The SMILES string of the molecule is CCOC(=O)c1ccc(NC(=O)C[C@@H]2SC(=N[C@@H](c3ccc(Cl)cc3)c3c(O)[nH]c(=O)[nH]c3=O)NC2=O)cc1. The van der Waals surface area contributed by atoms with Gasteiger partial charge in [-0.15, -0.1) is 0 Å². The van der Waals surface area contributed by atoms with E-state index in [-0.39, 0.29) is 23.8 Å². The molecular weight excluding hydrogens is 550 g/mol. The van der Waals surface area contributed by atoms with E-state index in [4.69, 9.17) is 16.3 Å². The fourth-order valence-electron chi connectivity index (χ4n) is 3.69. The fraction of sp³-hybridized carbons (Fsp3) is 0.200. The van der Waals surface area contributed by atoms with E-state index in [1.807, 2.05) is 0 Å². The molecule has 5 N–H and O–H groups in total. The Bertz CT molecular complexity index is 1550. The normalized spacial score (nSPS) is 16.5. The van der Waals surface area contributed by atoms with Crippen LogP contribution in [-0.4, -0.2) is 49.9 Å². The van der Waals surface area contributed by atoms with E-state index in [1.54, 1.807) is 43.3 Å². The second-order valence-electron chi connectivity index (χ2n) is 8.20. The summed E-state index contributed by atoms with van der Waals surface area (Å²) in [5.41, 5.74) is -0.785. The number of amides is 2. The first-order valence-corrected chi connectivity index (χ1v) is 12.8. The number of amidine groups is 1. The van der Waals surface area contributed by atoms with Gasteiger partial charge in [0.25, 0.3) is 5.56 Å². The number of carbonyl (C=O) groups excluding carboxylic acids is 3. The van der Waals surface area contributed by atoms with Crippen molar-refractivity contribution in [2.45, 2.75) is 24.6 Å². The Kier molecular flexibility index (Phi) is 8.52. The zero-order valence-electron chi connectivity index (χ0n) is 20.3. The summed E-state index contributed by atoms with van der Waals surface area (Å²) in [6.45, 7) is 1.94. The van der Waals surface area contributed by atoms with Crippen LogP contribution in [0.4, 0.5) is 5.69 Å². The van der Waals surface area contributed by atoms with Gasteiger partial charge in [0, 0.05) is 17.1 Å². The zero-order valence-corrected chi connectivity index (χ0v) is 21.9. The molecule has 3 aromatic rings. The van der Waals surface area contributed by atoms with E-state index in [9.17, 15) is 29.1 Å². The number of ether oxygens (including phenoxy) is 1. The van der Waals surface area contributed by atoms with Crippen molar-refractivity contribution in [2.75, 3.05) is 11.9 Å². The second-order valence-corrected chi connectivity index (χ2v) is 9.83. The van der Waals surface area contributed by atoms with Crippen LogP contribution >= 0.6 is 23.4 Å². The summed E-state index contributed by atoms with van der Waals surface area (Å²) < 4.78 is 4.93. The third-order valence-electron chi connectivity index (χ3n) is 5.49. The summed E-state index contributed by atoms with van der Waals surface area (Å²) >= 11 is 6.96. The smallest absolute Gasteiger partial charge is 0.338 e. The first-order chi connectivity index (χ1) is 18.6. The number of aliphatic imine (C=N–C) groups is 1. The molecule has 0 saturated carbocycles. The van der Waals surface area contributed by atoms with Crippen LogP contribution in [0.25, 0.3) is 0 Å². The van der Waals surface area contributed by atoms with Crippen LogP contribution < -0.4 is 21.9 Å². The number of esters is 1. The van der Waals surface area contributed by atoms with Crippen molar-refractivity contribution in [2.24, 2.45) is 4.99 Å². The summed E-state index contributed by atoms with van der Waals surface area (Å²) in [7, 11) is 0. The van der Waals surface area contributed by atoms with Gasteiger partial charge in [0.1, 0.15) is 16.9 Å². The van der Waals surface area contributed by atoms with Gasteiger partial charge < -0.3 is 20.5 Å². The highest BCUT2D eigenvalue weighted by molar-refractivity contribution is 8.15. The Morgan fingerprint density at radius 1 is 1.10 bits per heavy atom. The molecule has 0 bridgehead atoms. The first-order valence-electron chi connectivity index (χ1n) is 11.6. The Morgan fingerprint density at radius 2 is 1.79 bits per heavy atom. The van der Waals surface area contributed by atoms with Crippen molar-refractivity contribution in [1.29, 1.82) is 0 Å². The molecule has 0 unspecified atom stereocenters. The van der Waals surface area contributed by atoms with Gasteiger partial charge in [0.2, 0.25) is 17.7 Å². The predicted molar refractivity (Wildman–Crippen MR) is 145 cm³/mol. The molecule has 4 rings (SSSR count). The number of benzene rings is 2. The number of aromatic nitrogens is 2. The van der Waals surface area contributed by atoms with Crippen molar-refractivity contribution in [3.63, 3.8) is 0 Å². The van der Waals surface area contributed by atoms with Crippen LogP contribution in [0.1, 0.15) is 40.9 Å². The molecule has 2 atom stereocenters. The number of aromatic amines is 2. The first kappa shape index (κ1) is 27.7. The maximum Gasteiger partial charge on any atom is 0.338 e. The van der Waals surface area contributed by atoms with E-state index >= 15 is 0 Å². The number of hydrogen-bond donors (Lipinski definition) is 5. The number of halogens is 1. The van der Waals surface area contributed by atoms with Gasteiger partial charge in [0.15, 0.2) is 5.17 Å². The van der Waals surface area contributed by atoms with Gasteiger partial charge in [-0.05, 0) is 48.9 Å². The summed E-state index contributed by atoms with van der Waals surface area (Å²) in [4.78, 5) is 69.7. The number of aromatic hydroxyl groups is 1. The summed E-state index contributed by atoms with van der Waals surface area (Å²) in [5.74, 6) is -2.07. The minimum atomic E-state index is -1.11. The van der Waals surface area contributed by atoms with E-state index in [1.165, 1.54) is 12.1 Å². The molecule has 39 heavy (non-hydrogen) atoms. The largest absolute Gasteiger partial charge is 0.494 e. The van der Waals surface area contributed by atoms with Gasteiger partial charge in [-0.1, -0.05) is 35.5 Å². The molecule has 12 nitrogen and oxygen atoms in total. The van der Waals surface area contributed by atoms with Crippen LogP contribution in [0.3, 0.4) is 0 Å². The van der Waals surface area contributed by atoms with Gasteiger partial charge in [-0.3, -0.25) is 24.4 Å². The molecule has 2 aromatic carbocycles. The van der Waals surface area contributed by atoms with Gasteiger partial charge in [-0.2, -0.15) is 0 Å². The minimum Gasteiger partial charge on any atom is -0.494 e. The number of rotatable bonds is 8. The van der Waals surface area contributed by atoms with Crippen molar-refractivity contribution in [1.82, 2.24) is 15.3 Å². The van der Waals surface area contributed by atoms with Crippen molar-refractivity contribution in [3.8, 4) is 5.88 Å². The summed E-state index contributed by atoms with van der Waals surface area (Å²) in [6.07, 6.45) is -0.189. The predicted octanol–water partition coefficient (Wildman–Crippen LogP) is 2.30. The van der Waals surface area contributed by atoms with Crippen molar-refractivity contribution in [3.05, 3.63) is 91.1 Å². The topological polar surface area (TPSA) is 183 Å². The summed E-state index contributed by atoms with van der Waals surface area (Å²) in [5, 5.41) is 15.3. The Morgan fingerprint density at radius 3 is 2.44 bits per heavy atom. The number of thioether (sulfide) groups is 1. The standard InChI is InChI=1S/C25H22ClN5O7S/c1-2-38-23(36)13-5-9-15(10-6-13)27-17(32)11-16-20(33)31-25(39-16)28-19(12-3-7-14(26)8-4-12)18-21(34)29-24(37)30-22(18)35/h3-10,16,19H,2,11H2,1H3,(H,27,32)(H,28,31,33)(H3,29,30,34,35,37)/t16-,19-/m0/s1. The molecule has 0 aliphatic carbocycles. The van der Waals surface area contributed by atoms with Crippen LogP contribution in [0, 0.1) is 0 Å². The minimum absolute atomic E-state index is 0.113. The fourth-order valence-corrected chi connectivity index (χ4v) is 4.81. The number of anilines is 1. The molecule has 2 amide bonds. The van der Waals surface area contributed by atoms with Gasteiger partial charge >= 0.3 is 11.7 Å². The lowest BCUT2D eigenvalue weighted by atomic mass is 10.0. The maximum absolute atomic E-state index is 12.6. The molecule has 14 heteroatoms. The second kappa shape index (κ2) is 12.0. The lowest BCUT2D eigenvalue weighted by molar-refractivity contribution is -0.122. The van der Waals surface area contributed by atoms with Crippen molar-refractivity contribution < 1.29 is 24.2 Å². The number of hydrogen-bond acceptors (Lipinski definition) is 9. The quantitative estimate of drug-likeness (QED) is 0.255. The molecule has 1 saturated heterocycles. The number of H-pyrrole nitrogens is 2. The molecular formula is C25H22ClN5O7S. The molecule has 1 aromatic heterocycles. The van der Waals surface area contributed by atoms with Crippen molar-refractivity contribution >= 4 is 52.0 Å². The van der Waals surface area contributed by atoms with Gasteiger partial charge in [0.05, 0.1) is 12.2 Å². The maximum atomic E-state index is 12.6. The highest BCUT2D eigenvalue weighted by Crippen LogP contribution is 2.32. The lowest BCUT2D eigenvalue weighted by Gasteiger charge is -2.14. The Labute approximate surface area is 229 Å². The average Bonchev–Trinajstić information content (AvgIpc) is 3.22. The number of nitrogens with one attached hydrogen (secondary N) is 4. The summed E-state index contributed by atoms with van der Waals surface area (Å²) in [6, 6.07) is 11.3. The van der Waals surface area contributed by atoms with E-state index < -0.39 is 46.2 Å². The van der Waals surface area contributed by atoms with Crippen LogP contribution in [0.15, 0.2) is 63.1 Å². The van der Waals surface area contributed by atoms with Crippen LogP contribution in [0.5, 0.6) is 5.88 Å². The monoisotopic (exact) mass is 571 g/mol. The number of nitrogens with zero attached hydrogens (tertiary/aromatic N) is 1. The molecule has 2 heterocycles. The average molecular weight is 572 g/mol. The van der Waals surface area contributed by atoms with E-state index in [0.717, 1.165) is 11.8 Å².